The van der Waals surface area contributed by atoms with Gasteiger partial charge in [-0.1, -0.05) is 24.3 Å². The number of rotatable bonds is 2. The molecule has 0 saturated carbocycles. The van der Waals surface area contributed by atoms with Gasteiger partial charge in [0.15, 0.2) is 0 Å². The molecule has 0 spiro atoms. The highest BCUT2D eigenvalue weighted by Crippen LogP contribution is 2.40. The lowest BCUT2D eigenvalue weighted by molar-refractivity contribution is -0.173. The molecular weight excluding hydrogens is 240 g/mol. The van der Waals surface area contributed by atoms with Gasteiger partial charge in [-0.05, 0) is 6.08 Å². The van der Waals surface area contributed by atoms with Gasteiger partial charge in [-0.2, -0.15) is 0 Å². The maximum atomic E-state index is 11.2. The zero-order valence-electron chi connectivity index (χ0n) is 9.07. The van der Waals surface area contributed by atoms with Gasteiger partial charge in [-0.15, -0.1) is 0 Å². The van der Waals surface area contributed by atoms with Crippen molar-refractivity contribution in [2.45, 2.75) is 5.60 Å². The Morgan fingerprint density at radius 2 is 1.78 bits per heavy atom. The van der Waals surface area contributed by atoms with Gasteiger partial charge in [0.2, 0.25) is 5.60 Å². The van der Waals surface area contributed by atoms with Crippen molar-refractivity contribution in [2.24, 2.45) is 5.92 Å². The molecule has 2 unspecified atom stereocenters. The summed E-state index contributed by atoms with van der Waals surface area (Å²) in [6.07, 6.45) is 0.832. The van der Waals surface area contributed by atoms with Crippen LogP contribution in [0, 0.1) is 5.92 Å². The topological polar surface area (TPSA) is 115 Å². The van der Waals surface area contributed by atoms with E-state index in [4.69, 9.17) is 10.2 Å². The minimum absolute atomic E-state index is 0.111. The summed E-state index contributed by atoms with van der Waals surface area (Å²) in [6.45, 7) is 0. The molecule has 1 aliphatic carbocycles. The quantitative estimate of drug-likeness (QED) is 0.610. The third-order valence-corrected chi connectivity index (χ3v) is 2.98. The van der Waals surface area contributed by atoms with E-state index in [9.17, 15) is 19.8 Å². The molecule has 0 saturated heterocycles. The van der Waals surface area contributed by atoms with Crippen LogP contribution in [-0.2, 0) is 15.2 Å². The van der Waals surface area contributed by atoms with Gasteiger partial charge >= 0.3 is 11.9 Å². The van der Waals surface area contributed by atoms with Crippen LogP contribution in [0.15, 0.2) is 30.3 Å². The second-order valence-electron chi connectivity index (χ2n) is 3.98. The predicted molar refractivity (Wildman–Crippen MR) is 59.7 cm³/mol. The molecule has 0 radical (unpaired) electrons. The van der Waals surface area contributed by atoms with Crippen molar-refractivity contribution < 1.29 is 30.0 Å². The summed E-state index contributed by atoms with van der Waals surface area (Å²) in [7, 11) is 0. The molecule has 6 heteroatoms. The first-order valence-electron chi connectivity index (χ1n) is 5.08. The minimum atomic E-state index is -2.59. The van der Waals surface area contributed by atoms with Crippen LogP contribution in [0.2, 0.25) is 0 Å². The van der Waals surface area contributed by atoms with Gasteiger partial charge in [0.1, 0.15) is 11.7 Å². The summed E-state index contributed by atoms with van der Waals surface area (Å²) in [6, 6.07) is 5.70. The van der Waals surface area contributed by atoms with E-state index in [0.29, 0.717) is 0 Å². The monoisotopic (exact) mass is 250 g/mol. The van der Waals surface area contributed by atoms with Crippen molar-refractivity contribution in [1.29, 1.82) is 0 Å². The number of hydrogen-bond donors (Lipinski definition) is 4. The van der Waals surface area contributed by atoms with Gasteiger partial charge in [-0.25, -0.2) is 4.79 Å². The summed E-state index contributed by atoms with van der Waals surface area (Å²) < 4.78 is 0. The fraction of sp³-hybridized carbons (Fsp3) is 0.167. The molecule has 0 aliphatic heterocycles. The molecule has 0 aromatic heterocycles. The number of hydrogen-bond acceptors (Lipinski definition) is 4. The second-order valence-corrected chi connectivity index (χ2v) is 3.98. The average molecular weight is 250 g/mol. The summed E-state index contributed by atoms with van der Waals surface area (Å²) in [5.74, 6) is -5.30. The van der Waals surface area contributed by atoms with E-state index in [-0.39, 0.29) is 16.9 Å². The van der Waals surface area contributed by atoms with Crippen molar-refractivity contribution in [3.8, 4) is 0 Å². The highest BCUT2D eigenvalue weighted by Gasteiger charge is 2.52. The Morgan fingerprint density at radius 1 is 1.17 bits per heavy atom. The summed E-state index contributed by atoms with van der Waals surface area (Å²) in [5, 5.41) is 38.0. The first-order valence-corrected chi connectivity index (χ1v) is 5.08. The fourth-order valence-corrected chi connectivity index (χ4v) is 2.07. The van der Waals surface area contributed by atoms with Gasteiger partial charge in [0.05, 0.1) is 0 Å². The van der Waals surface area contributed by atoms with Crippen LogP contribution in [0.5, 0.6) is 0 Å². The number of carboxylic acid groups (broad SMARTS) is 2. The van der Waals surface area contributed by atoms with Crippen molar-refractivity contribution in [1.82, 2.24) is 0 Å². The third kappa shape index (κ3) is 1.46. The molecule has 94 valence electrons. The van der Waals surface area contributed by atoms with Crippen molar-refractivity contribution >= 4 is 17.7 Å². The number of benzene rings is 1. The molecule has 1 aromatic carbocycles. The Hall–Kier alpha value is -2.34. The van der Waals surface area contributed by atoms with Crippen molar-refractivity contribution in [2.75, 3.05) is 0 Å². The van der Waals surface area contributed by atoms with Crippen LogP contribution >= 0.6 is 0 Å². The van der Waals surface area contributed by atoms with E-state index in [1.54, 1.807) is 6.07 Å². The maximum Gasteiger partial charge on any atom is 0.341 e. The molecule has 1 aromatic rings. The number of carbonyl (C=O) groups is 2. The minimum Gasteiger partial charge on any atom is -0.508 e. The Morgan fingerprint density at radius 3 is 2.33 bits per heavy atom. The molecule has 0 fully saturated rings. The average Bonchev–Trinajstić information content (AvgIpc) is 2.33. The van der Waals surface area contributed by atoms with E-state index in [2.05, 4.69) is 0 Å². The van der Waals surface area contributed by atoms with Crippen LogP contribution in [0.4, 0.5) is 0 Å². The zero-order valence-corrected chi connectivity index (χ0v) is 9.07. The van der Waals surface area contributed by atoms with Gasteiger partial charge < -0.3 is 20.4 Å². The first kappa shape index (κ1) is 12.1. The fourth-order valence-electron chi connectivity index (χ4n) is 2.07. The van der Waals surface area contributed by atoms with Crippen LogP contribution < -0.4 is 0 Å². The molecule has 0 heterocycles. The molecule has 18 heavy (non-hydrogen) atoms. The third-order valence-electron chi connectivity index (χ3n) is 2.98. The second kappa shape index (κ2) is 3.85. The number of carboxylic acids is 2. The SMILES string of the molecule is O=C(O)C1C=C(O)c2ccccc2C1(O)C(=O)O. The summed E-state index contributed by atoms with van der Waals surface area (Å²) >= 11 is 0. The normalized spacial score (nSPS) is 26.1. The summed E-state index contributed by atoms with van der Waals surface area (Å²) in [4.78, 5) is 22.3. The zero-order chi connectivity index (χ0) is 13.5. The Balaban J connectivity index is 2.75. The lowest BCUT2D eigenvalue weighted by atomic mass is 9.74. The molecule has 2 atom stereocenters. The molecule has 4 N–H and O–H groups in total. The van der Waals surface area contributed by atoms with Crippen LogP contribution in [0.1, 0.15) is 11.1 Å². The Bertz CT molecular complexity index is 561. The smallest absolute Gasteiger partial charge is 0.341 e. The lowest BCUT2D eigenvalue weighted by Crippen LogP contribution is -2.48. The molecule has 1 aliphatic rings. The van der Waals surface area contributed by atoms with Gasteiger partial charge in [0, 0.05) is 11.1 Å². The first-order chi connectivity index (χ1) is 8.39. The standard InChI is InChI=1S/C12H10O6/c13-9-5-8(10(14)15)12(18,11(16)17)7-4-2-1-3-6(7)9/h1-5,8,13,18H,(H,14,15)(H,16,17). The van der Waals surface area contributed by atoms with E-state index in [0.717, 1.165) is 6.08 Å². The molecule has 6 nitrogen and oxygen atoms in total. The van der Waals surface area contributed by atoms with E-state index >= 15 is 0 Å². The molecule has 0 bridgehead atoms. The number of aliphatic carboxylic acids is 2. The van der Waals surface area contributed by atoms with Crippen LogP contribution in [0.3, 0.4) is 0 Å². The predicted octanol–water partition coefficient (Wildman–Crippen LogP) is 0.572. The maximum absolute atomic E-state index is 11.2. The Labute approximate surface area is 101 Å². The van der Waals surface area contributed by atoms with Crippen LogP contribution in [0.25, 0.3) is 5.76 Å². The molecular formula is C12H10O6. The summed E-state index contributed by atoms with van der Waals surface area (Å²) in [5.41, 5.74) is -2.61. The molecule has 0 amide bonds. The van der Waals surface area contributed by atoms with Gasteiger partial charge in [0.25, 0.3) is 0 Å². The van der Waals surface area contributed by atoms with Crippen LogP contribution in [-0.4, -0.2) is 32.4 Å². The van der Waals surface area contributed by atoms with E-state index in [1.165, 1.54) is 18.2 Å². The van der Waals surface area contributed by atoms with E-state index in [1.807, 2.05) is 0 Å². The van der Waals surface area contributed by atoms with Crippen molar-refractivity contribution in [3.05, 3.63) is 41.5 Å². The highest BCUT2D eigenvalue weighted by molar-refractivity contribution is 5.92. The molecule has 2 rings (SSSR count). The number of fused-ring (bicyclic) bond motifs is 1. The van der Waals surface area contributed by atoms with E-state index < -0.39 is 23.5 Å². The largest absolute Gasteiger partial charge is 0.508 e. The number of aliphatic hydroxyl groups is 2. The number of aliphatic hydroxyl groups excluding tert-OH is 1. The van der Waals surface area contributed by atoms with Gasteiger partial charge in [-0.3, -0.25) is 4.79 Å². The van der Waals surface area contributed by atoms with Crippen molar-refractivity contribution in [3.63, 3.8) is 0 Å². The Kier molecular flexibility index (Phi) is 2.59. The highest BCUT2D eigenvalue weighted by atomic mass is 16.4. The lowest BCUT2D eigenvalue weighted by Gasteiger charge is -2.33.